The van der Waals surface area contributed by atoms with Crippen molar-refractivity contribution in [2.24, 2.45) is 0 Å². The van der Waals surface area contributed by atoms with Gasteiger partial charge in [0.05, 0.1) is 30.0 Å². The molecule has 11 heteroatoms. The van der Waals surface area contributed by atoms with Crippen molar-refractivity contribution in [1.82, 2.24) is 14.8 Å². The van der Waals surface area contributed by atoms with Crippen LogP contribution in [0.4, 0.5) is 18.9 Å². The molecule has 2 aromatic rings. The van der Waals surface area contributed by atoms with E-state index in [1.807, 2.05) is 7.05 Å². The van der Waals surface area contributed by atoms with Gasteiger partial charge < -0.3 is 29.6 Å². The first-order valence-corrected chi connectivity index (χ1v) is 13.3. The van der Waals surface area contributed by atoms with E-state index in [0.29, 0.717) is 37.3 Å². The molecule has 39 heavy (non-hydrogen) atoms. The van der Waals surface area contributed by atoms with Gasteiger partial charge in [0, 0.05) is 31.5 Å². The molecule has 1 aromatic heterocycles. The van der Waals surface area contributed by atoms with E-state index in [1.54, 1.807) is 19.2 Å². The number of ether oxygens (including phenoxy) is 2. The Bertz CT molecular complexity index is 1230. The van der Waals surface area contributed by atoms with Crippen molar-refractivity contribution in [3.8, 4) is 5.75 Å². The highest BCUT2D eigenvalue weighted by molar-refractivity contribution is 6.01. The lowest BCUT2D eigenvalue weighted by molar-refractivity contribution is -0.138. The van der Waals surface area contributed by atoms with E-state index in [9.17, 15) is 22.8 Å². The zero-order chi connectivity index (χ0) is 28.3. The standard InChI is InChI=1S/C28H37F3N4O4/c1-17-21(6-5-7-23(17)28(29,30)31)18(2)32-26(36)22-16-35(20-10-14-39-15-11-20)27(37)25(38-4)24(22)33-19-8-12-34(3)13-9-19/h5-7,16,18-20,33H,8-15H2,1-4H3,(H,32,36)/t18-/m1/s1. The summed E-state index contributed by atoms with van der Waals surface area (Å²) in [6.45, 7) is 5.79. The number of benzene rings is 1. The number of rotatable bonds is 7. The lowest BCUT2D eigenvalue weighted by Gasteiger charge is -2.32. The highest BCUT2D eigenvalue weighted by atomic mass is 19.4. The van der Waals surface area contributed by atoms with Crippen LogP contribution in [0.1, 0.15) is 71.7 Å². The highest BCUT2D eigenvalue weighted by Crippen LogP contribution is 2.35. The molecular formula is C28H37F3N4O4. The summed E-state index contributed by atoms with van der Waals surface area (Å²) in [6.07, 6.45) is -0.0642. The minimum Gasteiger partial charge on any atom is -0.490 e. The quantitative estimate of drug-likeness (QED) is 0.527. The number of carbonyl (C=O) groups excluding carboxylic acids is 1. The number of alkyl halides is 3. The molecule has 4 rings (SSSR count). The maximum atomic E-state index is 13.8. The van der Waals surface area contributed by atoms with Crippen molar-refractivity contribution in [3.63, 3.8) is 0 Å². The predicted molar refractivity (Wildman–Crippen MR) is 143 cm³/mol. The van der Waals surface area contributed by atoms with Gasteiger partial charge in [-0.3, -0.25) is 9.59 Å². The largest absolute Gasteiger partial charge is 0.490 e. The molecule has 0 unspecified atom stereocenters. The molecule has 8 nitrogen and oxygen atoms in total. The molecular weight excluding hydrogens is 513 g/mol. The molecule has 0 aliphatic carbocycles. The number of pyridine rings is 1. The van der Waals surface area contributed by atoms with Crippen LogP contribution in [0, 0.1) is 6.92 Å². The molecule has 0 bridgehead atoms. The Morgan fingerprint density at radius 3 is 2.44 bits per heavy atom. The van der Waals surface area contributed by atoms with Gasteiger partial charge >= 0.3 is 6.18 Å². The smallest absolute Gasteiger partial charge is 0.416 e. The predicted octanol–water partition coefficient (Wildman–Crippen LogP) is 4.53. The molecule has 3 heterocycles. The fraction of sp³-hybridized carbons (Fsp3) is 0.571. The van der Waals surface area contributed by atoms with Gasteiger partial charge in [-0.05, 0) is 76.9 Å². The van der Waals surface area contributed by atoms with Gasteiger partial charge in [-0.15, -0.1) is 0 Å². The highest BCUT2D eigenvalue weighted by Gasteiger charge is 2.34. The Labute approximate surface area is 226 Å². The van der Waals surface area contributed by atoms with Crippen molar-refractivity contribution >= 4 is 11.6 Å². The second-order valence-electron chi connectivity index (χ2n) is 10.4. The third kappa shape index (κ3) is 6.41. The van der Waals surface area contributed by atoms with E-state index in [-0.39, 0.29) is 34.5 Å². The molecule has 0 spiro atoms. The summed E-state index contributed by atoms with van der Waals surface area (Å²) >= 11 is 0. The minimum absolute atomic E-state index is 0.0307. The number of nitrogens with one attached hydrogen (secondary N) is 2. The number of likely N-dealkylation sites (tertiary alicyclic amines) is 1. The third-order valence-electron chi connectivity index (χ3n) is 7.79. The summed E-state index contributed by atoms with van der Waals surface area (Å²) in [4.78, 5) is 29.5. The van der Waals surface area contributed by atoms with Crippen LogP contribution >= 0.6 is 0 Å². The summed E-state index contributed by atoms with van der Waals surface area (Å²) < 4.78 is 53.1. The zero-order valence-corrected chi connectivity index (χ0v) is 22.9. The van der Waals surface area contributed by atoms with E-state index >= 15 is 0 Å². The van der Waals surface area contributed by atoms with Crippen LogP contribution in [-0.4, -0.2) is 61.9 Å². The SMILES string of the molecule is COc1c(NC2CCN(C)CC2)c(C(=O)N[C@H](C)c2cccc(C(F)(F)F)c2C)cn(C2CCOCC2)c1=O. The molecule has 1 atom stereocenters. The van der Waals surface area contributed by atoms with Crippen LogP contribution in [0.3, 0.4) is 0 Å². The number of hydrogen-bond acceptors (Lipinski definition) is 6. The summed E-state index contributed by atoms with van der Waals surface area (Å²) in [6, 6.07) is 3.11. The van der Waals surface area contributed by atoms with Gasteiger partial charge in [-0.25, -0.2) is 0 Å². The van der Waals surface area contributed by atoms with Crippen LogP contribution in [0.5, 0.6) is 5.75 Å². The van der Waals surface area contributed by atoms with Crippen molar-refractivity contribution < 1.29 is 27.4 Å². The molecule has 2 saturated heterocycles. The number of hydrogen-bond donors (Lipinski definition) is 2. The van der Waals surface area contributed by atoms with Gasteiger partial charge in [-0.2, -0.15) is 13.2 Å². The monoisotopic (exact) mass is 550 g/mol. The second kappa shape index (κ2) is 12.0. The third-order valence-corrected chi connectivity index (χ3v) is 7.79. The lowest BCUT2D eigenvalue weighted by Crippen LogP contribution is -2.39. The van der Waals surface area contributed by atoms with E-state index in [1.165, 1.54) is 24.7 Å². The summed E-state index contributed by atoms with van der Waals surface area (Å²) in [7, 11) is 3.45. The van der Waals surface area contributed by atoms with Crippen molar-refractivity contribution in [1.29, 1.82) is 0 Å². The number of aromatic nitrogens is 1. The Morgan fingerprint density at radius 1 is 1.15 bits per heavy atom. The van der Waals surface area contributed by atoms with E-state index in [0.717, 1.165) is 32.0 Å². The molecule has 2 fully saturated rings. The minimum atomic E-state index is -4.50. The lowest BCUT2D eigenvalue weighted by atomic mass is 9.97. The molecule has 2 aliphatic rings. The van der Waals surface area contributed by atoms with Crippen LogP contribution in [0.25, 0.3) is 0 Å². The normalized spacial score (nSPS) is 18.5. The van der Waals surface area contributed by atoms with Crippen molar-refractivity contribution in [2.45, 2.75) is 63.8 Å². The van der Waals surface area contributed by atoms with Crippen LogP contribution in [0.15, 0.2) is 29.2 Å². The van der Waals surface area contributed by atoms with E-state index in [4.69, 9.17) is 9.47 Å². The first kappa shape index (κ1) is 28.9. The Kier molecular flexibility index (Phi) is 8.90. The Balaban J connectivity index is 1.72. The Morgan fingerprint density at radius 2 is 1.82 bits per heavy atom. The average Bonchev–Trinajstić information content (AvgIpc) is 2.90. The molecule has 2 N–H and O–H groups in total. The summed E-state index contributed by atoms with van der Waals surface area (Å²) in [5.41, 5.74) is -0.113. The maximum absolute atomic E-state index is 13.8. The van der Waals surface area contributed by atoms with Crippen molar-refractivity contribution in [2.75, 3.05) is 45.8 Å². The molecule has 1 aromatic carbocycles. The fourth-order valence-corrected chi connectivity index (χ4v) is 5.49. The summed E-state index contributed by atoms with van der Waals surface area (Å²) in [5.74, 6) is -0.454. The number of piperidine rings is 1. The fourth-order valence-electron chi connectivity index (χ4n) is 5.49. The number of amides is 1. The second-order valence-corrected chi connectivity index (χ2v) is 10.4. The van der Waals surface area contributed by atoms with Crippen LogP contribution in [-0.2, 0) is 10.9 Å². The average molecular weight is 551 g/mol. The molecule has 2 aliphatic heterocycles. The van der Waals surface area contributed by atoms with E-state index in [2.05, 4.69) is 15.5 Å². The molecule has 1 amide bonds. The van der Waals surface area contributed by atoms with Gasteiger partial charge in [0.15, 0.2) is 0 Å². The van der Waals surface area contributed by atoms with Gasteiger partial charge in [0.1, 0.15) is 0 Å². The zero-order valence-electron chi connectivity index (χ0n) is 22.9. The van der Waals surface area contributed by atoms with Crippen LogP contribution in [0.2, 0.25) is 0 Å². The molecule has 0 saturated carbocycles. The number of methoxy groups -OCH3 is 1. The number of anilines is 1. The number of carbonyl (C=O) groups is 1. The van der Waals surface area contributed by atoms with Gasteiger partial charge in [0.25, 0.3) is 11.5 Å². The van der Waals surface area contributed by atoms with Gasteiger partial charge in [0.2, 0.25) is 5.75 Å². The Hall–Kier alpha value is -3.05. The molecule has 0 radical (unpaired) electrons. The van der Waals surface area contributed by atoms with E-state index < -0.39 is 23.7 Å². The first-order valence-electron chi connectivity index (χ1n) is 13.3. The topological polar surface area (TPSA) is 84.8 Å². The molecule has 214 valence electrons. The summed E-state index contributed by atoms with van der Waals surface area (Å²) in [5, 5.41) is 6.26. The van der Waals surface area contributed by atoms with Crippen LogP contribution < -0.4 is 20.9 Å². The van der Waals surface area contributed by atoms with Crippen molar-refractivity contribution in [3.05, 3.63) is 57.0 Å². The van der Waals surface area contributed by atoms with Gasteiger partial charge in [-0.1, -0.05) is 12.1 Å². The first-order chi connectivity index (χ1) is 18.5. The number of nitrogens with zero attached hydrogens (tertiary/aromatic N) is 2. The maximum Gasteiger partial charge on any atom is 0.416 e. The number of halogens is 3.